The summed E-state index contributed by atoms with van der Waals surface area (Å²) in [6, 6.07) is 10.4. The van der Waals surface area contributed by atoms with Crippen LogP contribution in [-0.4, -0.2) is 42.5 Å². The van der Waals surface area contributed by atoms with Crippen LogP contribution in [0.25, 0.3) is 0 Å². The zero-order chi connectivity index (χ0) is 14.0. The molecule has 0 unspecified atom stereocenters. The molecule has 0 atom stereocenters. The van der Waals surface area contributed by atoms with E-state index in [-0.39, 0.29) is 5.91 Å². The zero-order valence-corrected chi connectivity index (χ0v) is 11.9. The molecule has 108 valence electrons. The molecule has 1 amide bonds. The number of piperazine rings is 1. The number of rotatable bonds is 2. The molecule has 0 bridgehead atoms. The number of nitrogens with zero attached hydrogens (tertiary/aromatic N) is 2. The van der Waals surface area contributed by atoms with Crippen molar-refractivity contribution in [3.8, 4) is 0 Å². The largest absolute Gasteiger partial charge is 0.368 e. The molecule has 2 fully saturated rings. The highest BCUT2D eigenvalue weighted by atomic mass is 16.2. The van der Waals surface area contributed by atoms with E-state index in [1.807, 2.05) is 11.0 Å². The first-order chi connectivity index (χ1) is 9.69. The van der Waals surface area contributed by atoms with Crippen molar-refractivity contribution < 1.29 is 4.79 Å². The van der Waals surface area contributed by atoms with Crippen molar-refractivity contribution in [2.75, 3.05) is 31.1 Å². The van der Waals surface area contributed by atoms with Gasteiger partial charge in [-0.25, -0.2) is 0 Å². The molecule has 2 N–H and O–H groups in total. The molecule has 2 aliphatic rings. The minimum absolute atomic E-state index is 0.169. The maximum Gasteiger partial charge on any atom is 0.242 e. The molecular weight excluding hydrogens is 250 g/mol. The van der Waals surface area contributed by atoms with Gasteiger partial charge in [0.15, 0.2) is 0 Å². The zero-order valence-electron chi connectivity index (χ0n) is 11.9. The third kappa shape index (κ3) is 2.52. The van der Waals surface area contributed by atoms with E-state index >= 15 is 0 Å². The molecule has 1 heterocycles. The van der Waals surface area contributed by atoms with Crippen LogP contribution >= 0.6 is 0 Å². The summed E-state index contributed by atoms with van der Waals surface area (Å²) >= 11 is 0. The van der Waals surface area contributed by atoms with E-state index in [1.54, 1.807) is 0 Å². The average molecular weight is 273 g/mol. The predicted molar refractivity (Wildman–Crippen MR) is 80.6 cm³/mol. The Morgan fingerprint density at radius 1 is 1.00 bits per heavy atom. The van der Waals surface area contributed by atoms with Gasteiger partial charge in [0.2, 0.25) is 5.91 Å². The molecule has 1 aliphatic heterocycles. The Balaban J connectivity index is 1.60. The molecule has 1 aromatic rings. The van der Waals surface area contributed by atoms with Crippen LogP contribution in [0.15, 0.2) is 30.3 Å². The average Bonchev–Trinajstić information content (AvgIpc) is 2.96. The lowest BCUT2D eigenvalue weighted by Gasteiger charge is -2.39. The van der Waals surface area contributed by atoms with E-state index in [0.717, 1.165) is 51.9 Å². The SMILES string of the molecule is NC1(C(=O)N2CCN(c3ccccc3)CC2)CCCC1. The van der Waals surface area contributed by atoms with Crippen LogP contribution in [-0.2, 0) is 4.79 Å². The minimum atomic E-state index is -0.574. The van der Waals surface area contributed by atoms with Gasteiger partial charge in [-0.1, -0.05) is 31.0 Å². The van der Waals surface area contributed by atoms with Crippen LogP contribution in [0, 0.1) is 0 Å². The van der Waals surface area contributed by atoms with Crippen molar-refractivity contribution in [3.63, 3.8) is 0 Å². The molecule has 20 heavy (non-hydrogen) atoms. The van der Waals surface area contributed by atoms with Crippen molar-refractivity contribution >= 4 is 11.6 Å². The van der Waals surface area contributed by atoms with Crippen LogP contribution < -0.4 is 10.6 Å². The van der Waals surface area contributed by atoms with Crippen molar-refractivity contribution in [1.29, 1.82) is 0 Å². The van der Waals surface area contributed by atoms with Crippen LogP contribution in [0.3, 0.4) is 0 Å². The molecule has 0 radical (unpaired) electrons. The Morgan fingerprint density at radius 2 is 1.60 bits per heavy atom. The highest BCUT2D eigenvalue weighted by molar-refractivity contribution is 5.86. The number of carbonyl (C=O) groups excluding carboxylic acids is 1. The standard InChI is InChI=1S/C16H23N3O/c17-16(8-4-5-9-16)15(20)19-12-10-18(11-13-19)14-6-2-1-3-7-14/h1-3,6-7H,4-5,8-13,17H2. The topological polar surface area (TPSA) is 49.6 Å². The van der Waals surface area contributed by atoms with E-state index in [4.69, 9.17) is 5.73 Å². The van der Waals surface area contributed by atoms with Crippen LogP contribution in [0.4, 0.5) is 5.69 Å². The second-order valence-electron chi connectivity index (χ2n) is 5.98. The second kappa shape index (κ2) is 5.44. The second-order valence-corrected chi connectivity index (χ2v) is 5.98. The Labute approximate surface area is 120 Å². The third-order valence-electron chi connectivity index (χ3n) is 4.61. The summed E-state index contributed by atoms with van der Waals surface area (Å²) in [5.41, 5.74) is 6.94. The lowest BCUT2D eigenvalue weighted by Crippen LogP contribution is -2.58. The molecule has 4 nitrogen and oxygen atoms in total. The lowest BCUT2D eigenvalue weighted by molar-refractivity contribution is -0.137. The number of carbonyl (C=O) groups is 1. The Morgan fingerprint density at radius 3 is 2.20 bits per heavy atom. The lowest BCUT2D eigenvalue weighted by atomic mass is 9.97. The van der Waals surface area contributed by atoms with Crippen molar-refractivity contribution in [2.24, 2.45) is 5.73 Å². The number of nitrogens with two attached hydrogens (primary N) is 1. The van der Waals surface area contributed by atoms with Gasteiger partial charge in [-0.15, -0.1) is 0 Å². The summed E-state index contributed by atoms with van der Waals surface area (Å²) in [5, 5.41) is 0. The molecule has 1 saturated carbocycles. The van der Waals surface area contributed by atoms with E-state index in [9.17, 15) is 4.79 Å². The van der Waals surface area contributed by atoms with Crippen LogP contribution in [0.1, 0.15) is 25.7 Å². The first-order valence-corrected chi connectivity index (χ1v) is 7.57. The first-order valence-electron chi connectivity index (χ1n) is 7.57. The fraction of sp³-hybridized carbons (Fsp3) is 0.562. The van der Waals surface area contributed by atoms with Crippen molar-refractivity contribution in [1.82, 2.24) is 4.90 Å². The molecule has 4 heteroatoms. The number of hydrogen-bond acceptors (Lipinski definition) is 3. The maximum absolute atomic E-state index is 12.5. The van der Waals surface area contributed by atoms with Gasteiger partial charge in [-0.3, -0.25) is 4.79 Å². The van der Waals surface area contributed by atoms with Gasteiger partial charge in [0.1, 0.15) is 0 Å². The van der Waals surface area contributed by atoms with Crippen LogP contribution in [0.5, 0.6) is 0 Å². The number of benzene rings is 1. The Kier molecular flexibility index (Phi) is 3.66. The Hall–Kier alpha value is -1.55. The van der Waals surface area contributed by atoms with Crippen molar-refractivity contribution in [3.05, 3.63) is 30.3 Å². The summed E-state index contributed by atoms with van der Waals surface area (Å²) in [6.07, 6.45) is 3.88. The number of anilines is 1. The summed E-state index contributed by atoms with van der Waals surface area (Å²) in [4.78, 5) is 16.8. The van der Waals surface area contributed by atoms with Gasteiger partial charge in [0.25, 0.3) is 0 Å². The fourth-order valence-corrected chi connectivity index (χ4v) is 3.34. The molecule has 0 spiro atoms. The number of amides is 1. The summed E-state index contributed by atoms with van der Waals surface area (Å²) in [5.74, 6) is 0.169. The van der Waals surface area contributed by atoms with Crippen molar-refractivity contribution in [2.45, 2.75) is 31.2 Å². The number of para-hydroxylation sites is 1. The summed E-state index contributed by atoms with van der Waals surface area (Å²) < 4.78 is 0. The highest BCUT2D eigenvalue weighted by Gasteiger charge is 2.40. The highest BCUT2D eigenvalue weighted by Crippen LogP contribution is 2.29. The molecule has 0 aromatic heterocycles. The maximum atomic E-state index is 12.5. The molecule has 3 rings (SSSR count). The monoisotopic (exact) mass is 273 g/mol. The first kappa shape index (κ1) is 13.4. The normalized spacial score (nSPS) is 22.1. The van der Waals surface area contributed by atoms with Gasteiger partial charge in [0.05, 0.1) is 5.54 Å². The van der Waals surface area contributed by atoms with Gasteiger partial charge in [0, 0.05) is 31.9 Å². The van der Waals surface area contributed by atoms with Gasteiger partial charge in [-0.2, -0.15) is 0 Å². The van der Waals surface area contributed by atoms with Crippen LogP contribution in [0.2, 0.25) is 0 Å². The minimum Gasteiger partial charge on any atom is -0.368 e. The van der Waals surface area contributed by atoms with E-state index in [2.05, 4.69) is 29.2 Å². The molecule has 1 saturated heterocycles. The summed E-state index contributed by atoms with van der Waals surface area (Å²) in [6.45, 7) is 3.36. The molecule has 1 aromatic carbocycles. The van der Waals surface area contributed by atoms with E-state index < -0.39 is 5.54 Å². The van der Waals surface area contributed by atoms with Gasteiger partial charge < -0.3 is 15.5 Å². The van der Waals surface area contributed by atoms with Gasteiger partial charge >= 0.3 is 0 Å². The van der Waals surface area contributed by atoms with E-state index in [1.165, 1.54) is 5.69 Å². The van der Waals surface area contributed by atoms with Gasteiger partial charge in [-0.05, 0) is 25.0 Å². The smallest absolute Gasteiger partial charge is 0.242 e. The summed E-state index contributed by atoms with van der Waals surface area (Å²) in [7, 11) is 0. The molecule has 1 aliphatic carbocycles. The Bertz CT molecular complexity index is 460. The third-order valence-corrected chi connectivity index (χ3v) is 4.61. The van der Waals surface area contributed by atoms with E-state index in [0.29, 0.717) is 0 Å². The predicted octanol–water partition coefficient (Wildman–Crippen LogP) is 1.61. The fourth-order valence-electron chi connectivity index (χ4n) is 3.34. The quantitative estimate of drug-likeness (QED) is 0.890. The number of hydrogen-bond donors (Lipinski definition) is 1. The molecular formula is C16H23N3O.